The van der Waals surface area contributed by atoms with Crippen LogP contribution in [0.3, 0.4) is 0 Å². The lowest BCUT2D eigenvalue weighted by atomic mass is 10.2. The number of carbonyl (C=O) groups is 2. The maximum Gasteiger partial charge on any atom is 0.305 e. The molecule has 0 aliphatic carbocycles. The number of pyridine rings is 1. The Morgan fingerprint density at radius 2 is 2.24 bits per heavy atom. The summed E-state index contributed by atoms with van der Waals surface area (Å²) in [6, 6.07) is 1.68. The molecule has 92 valence electrons. The first-order chi connectivity index (χ1) is 8.13. The molecular formula is C11H13BrN2O3. The van der Waals surface area contributed by atoms with E-state index < -0.39 is 0 Å². The summed E-state index contributed by atoms with van der Waals surface area (Å²) in [6.45, 7) is 0.431. The van der Waals surface area contributed by atoms with Crippen molar-refractivity contribution in [2.24, 2.45) is 0 Å². The summed E-state index contributed by atoms with van der Waals surface area (Å²) in [7, 11) is 1.34. The van der Waals surface area contributed by atoms with Crippen molar-refractivity contribution >= 4 is 27.8 Å². The fourth-order valence-electron chi connectivity index (χ4n) is 1.17. The Hall–Kier alpha value is -1.43. The normalized spacial score (nSPS) is 9.76. The molecule has 1 aromatic rings. The van der Waals surface area contributed by atoms with Crippen molar-refractivity contribution in [1.29, 1.82) is 0 Å². The molecule has 1 heterocycles. The minimum absolute atomic E-state index is 0.205. The predicted octanol–water partition coefficient (Wildman–Crippen LogP) is 1.53. The highest BCUT2D eigenvalue weighted by molar-refractivity contribution is 9.10. The molecule has 5 nitrogen and oxygen atoms in total. The zero-order valence-electron chi connectivity index (χ0n) is 9.40. The molecule has 0 unspecified atom stereocenters. The summed E-state index contributed by atoms with van der Waals surface area (Å²) < 4.78 is 5.24. The minimum atomic E-state index is -0.275. The maximum atomic E-state index is 11.6. The van der Waals surface area contributed by atoms with E-state index in [9.17, 15) is 9.59 Å². The Morgan fingerprint density at radius 1 is 1.47 bits per heavy atom. The third-order valence-corrected chi connectivity index (χ3v) is 2.47. The second-order valence-corrected chi connectivity index (χ2v) is 4.24. The molecule has 1 aromatic heterocycles. The van der Waals surface area contributed by atoms with E-state index in [1.54, 1.807) is 12.3 Å². The molecule has 0 aromatic carbocycles. The standard InChI is InChI=1S/C11H13BrN2O3/c1-17-10(15)3-2-4-14-11(16)8-5-9(12)7-13-6-8/h5-7H,2-4H2,1H3,(H,14,16). The van der Waals surface area contributed by atoms with Crippen LogP contribution in [0.4, 0.5) is 0 Å². The summed E-state index contributed by atoms with van der Waals surface area (Å²) in [4.78, 5) is 26.3. The van der Waals surface area contributed by atoms with Gasteiger partial charge in [0, 0.05) is 29.8 Å². The van der Waals surface area contributed by atoms with Crippen LogP contribution in [0.25, 0.3) is 0 Å². The Balaban J connectivity index is 2.33. The summed E-state index contributed by atoms with van der Waals surface area (Å²) in [5.41, 5.74) is 0.484. The Bertz CT molecular complexity index is 409. The molecule has 0 saturated heterocycles. The van der Waals surface area contributed by atoms with Crippen LogP contribution in [-0.2, 0) is 9.53 Å². The number of nitrogens with one attached hydrogen (secondary N) is 1. The summed E-state index contributed by atoms with van der Waals surface area (Å²) in [6.07, 6.45) is 3.95. The van der Waals surface area contributed by atoms with E-state index in [4.69, 9.17) is 0 Å². The predicted molar refractivity (Wildman–Crippen MR) is 65.5 cm³/mol. The van der Waals surface area contributed by atoms with Crippen LogP contribution in [0, 0.1) is 0 Å². The third kappa shape index (κ3) is 4.95. The Kier molecular flexibility index (Phi) is 5.62. The quantitative estimate of drug-likeness (QED) is 0.661. The van der Waals surface area contributed by atoms with Crippen LogP contribution >= 0.6 is 15.9 Å². The average Bonchev–Trinajstić information content (AvgIpc) is 2.34. The molecule has 6 heteroatoms. The molecule has 0 atom stereocenters. The molecule has 0 bridgehead atoms. The number of carbonyl (C=O) groups excluding carboxylic acids is 2. The molecule has 0 aliphatic heterocycles. The second-order valence-electron chi connectivity index (χ2n) is 3.33. The van der Waals surface area contributed by atoms with Crippen LogP contribution in [0.5, 0.6) is 0 Å². The van der Waals surface area contributed by atoms with Gasteiger partial charge in [-0.05, 0) is 28.4 Å². The lowest BCUT2D eigenvalue weighted by Crippen LogP contribution is -2.25. The van der Waals surface area contributed by atoms with Crippen molar-refractivity contribution in [3.63, 3.8) is 0 Å². The first-order valence-corrected chi connectivity index (χ1v) is 5.88. The first kappa shape index (κ1) is 13.6. The van der Waals surface area contributed by atoms with E-state index in [2.05, 4.69) is 31.0 Å². The van der Waals surface area contributed by atoms with Crippen LogP contribution in [0.15, 0.2) is 22.9 Å². The van der Waals surface area contributed by atoms with Gasteiger partial charge in [-0.2, -0.15) is 0 Å². The van der Waals surface area contributed by atoms with Crippen molar-refractivity contribution in [3.05, 3.63) is 28.5 Å². The van der Waals surface area contributed by atoms with Crippen LogP contribution in [-0.4, -0.2) is 30.5 Å². The number of hydrogen-bond donors (Lipinski definition) is 1. The van der Waals surface area contributed by atoms with E-state index in [-0.39, 0.29) is 11.9 Å². The third-order valence-electron chi connectivity index (χ3n) is 2.04. The van der Waals surface area contributed by atoms with Gasteiger partial charge in [0.2, 0.25) is 0 Å². The van der Waals surface area contributed by atoms with Gasteiger partial charge in [-0.25, -0.2) is 0 Å². The Morgan fingerprint density at radius 3 is 2.88 bits per heavy atom. The molecule has 1 amide bonds. The van der Waals surface area contributed by atoms with Crippen LogP contribution < -0.4 is 5.32 Å². The minimum Gasteiger partial charge on any atom is -0.469 e. The van der Waals surface area contributed by atoms with Crippen LogP contribution in [0.1, 0.15) is 23.2 Å². The molecule has 1 N–H and O–H groups in total. The van der Waals surface area contributed by atoms with E-state index in [0.29, 0.717) is 24.9 Å². The monoisotopic (exact) mass is 300 g/mol. The number of nitrogens with zero attached hydrogens (tertiary/aromatic N) is 1. The molecule has 0 radical (unpaired) electrons. The van der Waals surface area contributed by atoms with Gasteiger partial charge in [-0.1, -0.05) is 0 Å². The van der Waals surface area contributed by atoms with E-state index in [1.165, 1.54) is 13.3 Å². The van der Waals surface area contributed by atoms with Gasteiger partial charge in [0.05, 0.1) is 12.7 Å². The smallest absolute Gasteiger partial charge is 0.305 e. The highest BCUT2D eigenvalue weighted by atomic mass is 79.9. The number of hydrogen-bond acceptors (Lipinski definition) is 4. The lowest BCUT2D eigenvalue weighted by Gasteiger charge is -2.04. The molecule has 0 aliphatic rings. The summed E-state index contributed by atoms with van der Waals surface area (Å²) in [5.74, 6) is -0.480. The fourth-order valence-corrected chi connectivity index (χ4v) is 1.54. The van der Waals surface area contributed by atoms with Gasteiger partial charge in [-0.3, -0.25) is 14.6 Å². The van der Waals surface area contributed by atoms with Crippen molar-refractivity contribution < 1.29 is 14.3 Å². The van der Waals surface area contributed by atoms with Gasteiger partial charge in [-0.15, -0.1) is 0 Å². The number of halogens is 1. The zero-order chi connectivity index (χ0) is 12.7. The van der Waals surface area contributed by atoms with Crippen LogP contribution in [0.2, 0.25) is 0 Å². The fraction of sp³-hybridized carbons (Fsp3) is 0.364. The van der Waals surface area contributed by atoms with Gasteiger partial charge in [0.25, 0.3) is 5.91 Å². The van der Waals surface area contributed by atoms with Gasteiger partial charge in [0.15, 0.2) is 0 Å². The number of aromatic nitrogens is 1. The van der Waals surface area contributed by atoms with E-state index >= 15 is 0 Å². The molecular weight excluding hydrogens is 288 g/mol. The molecule has 0 spiro atoms. The molecule has 1 rings (SSSR count). The first-order valence-electron chi connectivity index (χ1n) is 5.09. The number of ether oxygens (including phenoxy) is 1. The van der Waals surface area contributed by atoms with E-state index in [0.717, 1.165) is 4.47 Å². The maximum absolute atomic E-state index is 11.6. The van der Waals surface area contributed by atoms with Crippen molar-refractivity contribution in [1.82, 2.24) is 10.3 Å². The highest BCUT2D eigenvalue weighted by Crippen LogP contribution is 2.09. The van der Waals surface area contributed by atoms with Gasteiger partial charge < -0.3 is 10.1 Å². The van der Waals surface area contributed by atoms with Gasteiger partial charge in [0.1, 0.15) is 0 Å². The number of methoxy groups -OCH3 is 1. The van der Waals surface area contributed by atoms with E-state index in [1.807, 2.05) is 0 Å². The molecule has 0 fully saturated rings. The zero-order valence-corrected chi connectivity index (χ0v) is 11.0. The largest absolute Gasteiger partial charge is 0.469 e. The van der Waals surface area contributed by atoms with Crippen molar-refractivity contribution in [2.75, 3.05) is 13.7 Å². The Labute approximate surface area is 108 Å². The topological polar surface area (TPSA) is 68.3 Å². The molecule has 0 saturated carbocycles. The van der Waals surface area contributed by atoms with Gasteiger partial charge >= 0.3 is 5.97 Å². The lowest BCUT2D eigenvalue weighted by molar-refractivity contribution is -0.140. The number of esters is 1. The van der Waals surface area contributed by atoms with Crippen molar-refractivity contribution in [3.8, 4) is 0 Å². The average molecular weight is 301 g/mol. The number of amides is 1. The SMILES string of the molecule is COC(=O)CCCNC(=O)c1cncc(Br)c1. The summed E-state index contributed by atoms with van der Waals surface area (Å²) in [5, 5.41) is 2.70. The van der Waals surface area contributed by atoms with Crippen molar-refractivity contribution in [2.45, 2.75) is 12.8 Å². The molecule has 17 heavy (non-hydrogen) atoms. The second kappa shape index (κ2) is 7.01. The highest BCUT2D eigenvalue weighted by Gasteiger charge is 2.06. The summed E-state index contributed by atoms with van der Waals surface area (Å²) >= 11 is 3.24. The number of rotatable bonds is 5.